The third-order valence-corrected chi connectivity index (χ3v) is 2.70. The fourth-order valence-electron chi connectivity index (χ4n) is 1.80. The van der Waals surface area contributed by atoms with Gasteiger partial charge >= 0.3 is 5.97 Å². The van der Waals surface area contributed by atoms with Gasteiger partial charge in [0.2, 0.25) is 0 Å². The number of benzene rings is 1. The molecule has 0 fully saturated rings. The molecule has 110 valence electrons. The summed E-state index contributed by atoms with van der Waals surface area (Å²) in [6.07, 6.45) is 0. The summed E-state index contributed by atoms with van der Waals surface area (Å²) >= 11 is 0. The van der Waals surface area contributed by atoms with Gasteiger partial charge in [0, 0.05) is 19.2 Å². The first-order valence-electron chi connectivity index (χ1n) is 6.17. The Morgan fingerprint density at radius 1 is 1.50 bits per heavy atom. The van der Waals surface area contributed by atoms with Crippen molar-refractivity contribution in [2.24, 2.45) is 0 Å². The number of hydrogen-bond acceptors (Lipinski definition) is 5. The van der Waals surface area contributed by atoms with Crippen molar-refractivity contribution < 1.29 is 19.6 Å². The van der Waals surface area contributed by atoms with Crippen molar-refractivity contribution in [3.05, 3.63) is 33.9 Å². The number of nitrogens with zero attached hydrogens (tertiary/aromatic N) is 1. The van der Waals surface area contributed by atoms with Crippen LogP contribution in [0.5, 0.6) is 0 Å². The lowest BCUT2D eigenvalue weighted by molar-refractivity contribution is -0.384. The number of rotatable bonds is 7. The average Bonchev–Trinajstić information content (AvgIpc) is 2.35. The average molecular weight is 282 g/mol. The van der Waals surface area contributed by atoms with Crippen molar-refractivity contribution in [2.75, 3.05) is 18.5 Å². The molecule has 7 nitrogen and oxygen atoms in total. The zero-order valence-corrected chi connectivity index (χ0v) is 11.7. The molecule has 0 aliphatic heterocycles. The Morgan fingerprint density at radius 2 is 2.15 bits per heavy atom. The van der Waals surface area contributed by atoms with E-state index < -0.39 is 16.5 Å². The molecule has 0 atom stereocenters. The second-order valence-electron chi connectivity index (χ2n) is 4.81. The number of carboxylic acid groups (broad SMARTS) is 1. The van der Waals surface area contributed by atoms with Gasteiger partial charge in [-0.3, -0.25) is 10.1 Å². The minimum absolute atomic E-state index is 0.00206. The zero-order chi connectivity index (χ0) is 15.3. The number of anilines is 1. The summed E-state index contributed by atoms with van der Waals surface area (Å²) in [5.41, 5.74) is -0.963. The van der Waals surface area contributed by atoms with Crippen molar-refractivity contribution in [2.45, 2.75) is 26.4 Å². The van der Waals surface area contributed by atoms with Crippen molar-refractivity contribution >= 4 is 17.3 Å². The molecule has 1 rings (SSSR count). The quantitative estimate of drug-likeness (QED) is 0.588. The van der Waals surface area contributed by atoms with Crippen LogP contribution in [0.25, 0.3) is 0 Å². The third-order valence-electron chi connectivity index (χ3n) is 2.70. The fraction of sp³-hybridized carbons (Fsp3) is 0.462. The van der Waals surface area contributed by atoms with E-state index in [2.05, 4.69) is 5.32 Å². The second kappa shape index (κ2) is 6.33. The largest absolute Gasteiger partial charge is 0.478 e. The van der Waals surface area contributed by atoms with Crippen LogP contribution in [-0.4, -0.2) is 34.8 Å². The normalized spacial score (nSPS) is 11.2. The molecule has 0 aliphatic rings. The second-order valence-corrected chi connectivity index (χ2v) is 4.81. The van der Waals surface area contributed by atoms with E-state index >= 15 is 0 Å². The van der Waals surface area contributed by atoms with Crippen LogP contribution in [0.15, 0.2) is 18.2 Å². The Bertz CT molecular complexity index is 481. The molecule has 1 aromatic carbocycles. The van der Waals surface area contributed by atoms with Gasteiger partial charge < -0.3 is 15.2 Å². The zero-order valence-electron chi connectivity index (χ0n) is 11.7. The number of hydrogen-bond donors (Lipinski definition) is 2. The highest BCUT2D eigenvalue weighted by molar-refractivity contribution is 5.96. The molecule has 0 aromatic heterocycles. The summed E-state index contributed by atoms with van der Waals surface area (Å²) in [6, 6.07) is 3.94. The van der Waals surface area contributed by atoms with Crippen LogP contribution in [-0.2, 0) is 4.74 Å². The highest BCUT2D eigenvalue weighted by atomic mass is 16.6. The SMILES string of the molecule is CCOC(C)(C)CNc1c(C(=O)O)cccc1[N+](=O)[O-]. The van der Waals surface area contributed by atoms with E-state index in [0.29, 0.717) is 6.61 Å². The molecule has 0 bridgehead atoms. The standard InChI is InChI=1S/C13H18N2O5/c1-4-20-13(2,3)8-14-11-9(12(16)17)6-5-7-10(11)15(18)19/h5-7,14H,4,8H2,1-3H3,(H,16,17). The Labute approximate surface area is 116 Å². The summed E-state index contributed by atoms with van der Waals surface area (Å²) in [5, 5.41) is 22.9. The van der Waals surface area contributed by atoms with Crippen molar-refractivity contribution in [1.29, 1.82) is 0 Å². The number of ether oxygens (including phenoxy) is 1. The number of nitro benzene ring substituents is 1. The number of carbonyl (C=O) groups is 1. The first-order valence-corrected chi connectivity index (χ1v) is 6.17. The minimum atomic E-state index is -1.22. The summed E-state index contributed by atoms with van der Waals surface area (Å²) < 4.78 is 5.47. The molecule has 0 saturated heterocycles. The molecule has 0 saturated carbocycles. The summed E-state index contributed by atoms with van der Waals surface area (Å²) in [5.74, 6) is -1.22. The van der Waals surface area contributed by atoms with Crippen LogP contribution < -0.4 is 5.32 Å². The molecule has 20 heavy (non-hydrogen) atoms. The highest BCUT2D eigenvalue weighted by Gasteiger charge is 2.24. The smallest absolute Gasteiger partial charge is 0.338 e. The van der Waals surface area contributed by atoms with Crippen LogP contribution >= 0.6 is 0 Å². The van der Waals surface area contributed by atoms with Crippen LogP contribution in [0, 0.1) is 10.1 Å². The van der Waals surface area contributed by atoms with E-state index in [1.54, 1.807) is 0 Å². The van der Waals surface area contributed by atoms with Gasteiger partial charge in [0.05, 0.1) is 16.1 Å². The third kappa shape index (κ3) is 3.92. The summed E-state index contributed by atoms with van der Waals surface area (Å²) in [6.45, 7) is 6.23. The number of carboxylic acids is 1. The van der Waals surface area contributed by atoms with Gasteiger partial charge in [0.25, 0.3) is 5.69 Å². The maximum Gasteiger partial charge on any atom is 0.338 e. The van der Waals surface area contributed by atoms with Crippen LogP contribution in [0.4, 0.5) is 11.4 Å². The van der Waals surface area contributed by atoms with Gasteiger partial charge in [-0.1, -0.05) is 6.07 Å². The Morgan fingerprint density at radius 3 is 2.65 bits per heavy atom. The van der Waals surface area contributed by atoms with E-state index in [1.165, 1.54) is 18.2 Å². The summed E-state index contributed by atoms with van der Waals surface area (Å²) in [4.78, 5) is 21.5. The van der Waals surface area contributed by atoms with Crippen molar-refractivity contribution in [3.63, 3.8) is 0 Å². The topological polar surface area (TPSA) is 102 Å². The van der Waals surface area contributed by atoms with Gasteiger partial charge in [-0.15, -0.1) is 0 Å². The molecule has 7 heteroatoms. The molecule has 0 aliphatic carbocycles. The highest BCUT2D eigenvalue weighted by Crippen LogP contribution is 2.29. The molecule has 0 unspecified atom stereocenters. The minimum Gasteiger partial charge on any atom is -0.478 e. The predicted molar refractivity (Wildman–Crippen MR) is 74.3 cm³/mol. The monoisotopic (exact) mass is 282 g/mol. The first kappa shape index (κ1) is 15.9. The predicted octanol–water partition coefficient (Wildman–Crippen LogP) is 2.52. The lowest BCUT2D eigenvalue weighted by Crippen LogP contribution is -2.34. The lowest BCUT2D eigenvalue weighted by Gasteiger charge is -2.25. The van der Waals surface area contributed by atoms with E-state index in [4.69, 9.17) is 9.84 Å². The number of aromatic carboxylic acids is 1. The van der Waals surface area contributed by atoms with Crippen LogP contribution in [0.3, 0.4) is 0 Å². The maximum atomic E-state index is 11.2. The van der Waals surface area contributed by atoms with Gasteiger partial charge in [0.1, 0.15) is 5.69 Å². The van der Waals surface area contributed by atoms with Gasteiger partial charge in [-0.2, -0.15) is 0 Å². The number of nitrogens with one attached hydrogen (secondary N) is 1. The van der Waals surface area contributed by atoms with Crippen molar-refractivity contribution in [1.82, 2.24) is 0 Å². The molecule has 0 heterocycles. The first-order chi connectivity index (χ1) is 9.28. The van der Waals surface area contributed by atoms with Gasteiger partial charge in [-0.05, 0) is 26.8 Å². The molecular formula is C13H18N2O5. The molecule has 0 radical (unpaired) electrons. The maximum absolute atomic E-state index is 11.2. The fourth-order valence-corrected chi connectivity index (χ4v) is 1.80. The molecule has 0 spiro atoms. The van der Waals surface area contributed by atoms with E-state index in [-0.39, 0.29) is 23.5 Å². The Hall–Kier alpha value is -2.15. The molecule has 2 N–H and O–H groups in total. The van der Waals surface area contributed by atoms with E-state index in [9.17, 15) is 14.9 Å². The molecular weight excluding hydrogens is 264 g/mol. The summed E-state index contributed by atoms with van der Waals surface area (Å²) in [7, 11) is 0. The van der Waals surface area contributed by atoms with Gasteiger partial charge in [-0.25, -0.2) is 4.79 Å². The Balaban J connectivity index is 3.08. The van der Waals surface area contributed by atoms with Crippen LogP contribution in [0.2, 0.25) is 0 Å². The molecule has 0 amide bonds. The number of para-hydroxylation sites is 1. The van der Waals surface area contributed by atoms with Crippen LogP contribution in [0.1, 0.15) is 31.1 Å². The van der Waals surface area contributed by atoms with E-state index in [1.807, 2.05) is 20.8 Å². The van der Waals surface area contributed by atoms with Gasteiger partial charge in [0.15, 0.2) is 0 Å². The van der Waals surface area contributed by atoms with E-state index in [0.717, 1.165) is 0 Å². The van der Waals surface area contributed by atoms with Crippen molar-refractivity contribution in [3.8, 4) is 0 Å². The molecule has 1 aromatic rings. The lowest BCUT2D eigenvalue weighted by atomic mass is 10.1. The number of nitro groups is 1. The Kier molecular flexibility index (Phi) is 5.04.